The summed E-state index contributed by atoms with van der Waals surface area (Å²) in [5.41, 5.74) is 2.36. The number of halogens is 1. The molecule has 1 amide bonds. The molecule has 6 nitrogen and oxygen atoms in total. The number of hydrogen-bond acceptors (Lipinski definition) is 5. The Kier molecular flexibility index (Phi) is 4.05. The molecular formula is C29H20FN3O3. The molecule has 1 spiro atoms. The molecule has 0 bridgehead atoms. The van der Waals surface area contributed by atoms with Gasteiger partial charge in [0.25, 0.3) is 0 Å². The van der Waals surface area contributed by atoms with E-state index in [-0.39, 0.29) is 28.3 Å². The van der Waals surface area contributed by atoms with Gasteiger partial charge in [0.1, 0.15) is 17.1 Å². The van der Waals surface area contributed by atoms with Gasteiger partial charge in [-0.05, 0) is 25.1 Å². The van der Waals surface area contributed by atoms with E-state index in [0.717, 1.165) is 5.56 Å². The van der Waals surface area contributed by atoms with Crippen LogP contribution in [-0.2, 0) is 10.2 Å². The van der Waals surface area contributed by atoms with Crippen molar-refractivity contribution < 1.29 is 18.8 Å². The first-order chi connectivity index (χ1) is 17.4. The zero-order valence-electron chi connectivity index (χ0n) is 19.3. The summed E-state index contributed by atoms with van der Waals surface area (Å²) in [6, 6.07) is 18.3. The first-order valence-electron chi connectivity index (χ1n) is 11.8. The molecule has 3 aliphatic heterocycles. The number of fused-ring (bicyclic) bond motifs is 7. The Morgan fingerprint density at radius 2 is 1.75 bits per heavy atom. The van der Waals surface area contributed by atoms with E-state index in [2.05, 4.69) is 10.6 Å². The number of carbonyl (C=O) groups is 3. The predicted octanol–water partition coefficient (Wildman–Crippen LogP) is 3.94. The smallest absolute Gasteiger partial charge is 0.244 e. The molecule has 3 aromatic carbocycles. The van der Waals surface area contributed by atoms with Crippen LogP contribution in [0.4, 0.5) is 10.1 Å². The number of nitrogens with one attached hydrogen (secondary N) is 2. The molecule has 1 atom stereocenters. The lowest BCUT2D eigenvalue weighted by Crippen LogP contribution is -2.48. The third-order valence-corrected chi connectivity index (χ3v) is 7.56. The Morgan fingerprint density at radius 3 is 2.53 bits per heavy atom. The average molecular weight is 477 g/mol. The van der Waals surface area contributed by atoms with Crippen molar-refractivity contribution in [3.8, 4) is 0 Å². The lowest BCUT2D eigenvalue weighted by Gasteiger charge is -2.39. The van der Waals surface area contributed by atoms with Crippen molar-refractivity contribution in [2.75, 3.05) is 18.4 Å². The van der Waals surface area contributed by atoms with Crippen LogP contribution in [0.2, 0.25) is 0 Å². The van der Waals surface area contributed by atoms with Crippen molar-refractivity contribution in [1.29, 1.82) is 0 Å². The summed E-state index contributed by atoms with van der Waals surface area (Å²) in [4.78, 5) is 44.4. The third kappa shape index (κ3) is 2.42. The van der Waals surface area contributed by atoms with Crippen molar-refractivity contribution in [3.63, 3.8) is 0 Å². The standard InChI is InChI=1S/C29H20FN3O3/c1-15-6-8-16(9-7-15)25(34)23-27-31-12-13-33(27)24-18-4-2-3-5-19(18)26(35)22(24)29(23)20-14-17(30)10-11-21(20)32-28(29)36/h2-11,14,31H,12-13H2,1H3,(H,32,36). The van der Waals surface area contributed by atoms with Crippen LogP contribution in [0, 0.1) is 12.7 Å². The van der Waals surface area contributed by atoms with Crippen LogP contribution in [0.5, 0.6) is 0 Å². The summed E-state index contributed by atoms with van der Waals surface area (Å²) in [7, 11) is 0. The van der Waals surface area contributed by atoms with Crippen LogP contribution in [0.1, 0.15) is 37.4 Å². The van der Waals surface area contributed by atoms with E-state index in [9.17, 15) is 18.8 Å². The number of aryl methyl sites for hydroxylation is 1. The van der Waals surface area contributed by atoms with Gasteiger partial charge in [-0.3, -0.25) is 14.4 Å². The Morgan fingerprint density at radius 1 is 1.00 bits per heavy atom. The molecule has 3 aromatic rings. The second kappa shape index (κ2) is 7.01. The maximum Gasteiger partial charge on any atom is 0.244 e. The number of anilines is 1. The number of Topliss-reactive ketones (excluding diaryl/α,β-unsaturated/α-hetero) is 2. The minimum Gasteiger partial charge on any atom is -0.369 e. The molecule has 1 aliphatic carbocycles. The second-order valence-corrected chi connectivity index (χ2v) is 9.49. The Bertz CT molecular complexity index is 1620. The molecule has 1 fully saturated rings. The Hall–Kier alpha value is -4.52. The zero-order valence-corrected chi connectivity index (χ0v) is 19.3. The Balaban J connectivity index is 1.60. The van der Waals surface area contributed by atoms with Gasteiger partial charge in [0.15, 0.2) is 11.6 Å². The van der Waals surface area contributed by atoms with Gasteiger partial charge in [0.05, 0.1) is 11.3 Å². The normalized spacial score (nSPS) is 21.3. The fraction of sp³-hybridized carbons (Fsp3) is 0.138. The van der Waals surface area contributed by atoms with Crippen molar-refractivity contribution >= 4 is 28.9 Å². The van der Waals surface area contributed by atoms with Gasteiger partial charge in [-0.25, -0.2) is 4.39 Å². The summed E-state index contributed by atoms with van der Waals surface area (Å²) >= 11 is 0. The van der Waals surface area contributed by atoms with Gasteiger partial charge in [-0.1, -0.05) is 54.1 Å². The van der Waals surface area contributed by atoms with Crippen molar-refractivity contribution in [1.82, 2.24) is 10.2 Å². The molecule has 7 heteroatoms. The highest BCUT2D eigenvalue weighted by atomic mass is 19.1. The van der Waals surface area contributed by atoms with Crippen molar-refractivity contribution in [3.05, 3.63) is 117 Å². The lowest BCUT2D eigenvalue weighted by atomic mass is 9.64. The Labute approximate surface area is 206 Å². The number of benzene rings is 3. The number of amides is 1. The van der Waals surface area contributed by atoms with Gasteiger partial charge in [0, 0.05) is 46.6 Å². The molecule has 3 heterocycles. The SMILES string of the molecule is Cc1ccc(C(=O)C2=C3NCCN3C3=C(C(=O)c4ccccc43)C23C(=O)Nc2ccc(F)cc23)cc1. The largest absolute Gasteiger partial charge is 0.369 e. The number of ketones is 2. The molecule has 36 heavy (non-hydrogen) atoms. The maximum absolute atomic E-state index is 14.7. The predicted molar refractivity (Wildman–Crippen MR) is 132 cm³/mol. The van der Waals surface area contributed by atoms with E-state index in [4.69, 9.17) is 0 Å². The van der Waals surface area contributed by atoms with Crippen LogP contribution in [0.3, 0.4) is 0 Å². The first kappa shape index (κ1) is 20.8. The molecule has 0 saturated carbocycles. The van der Waals surface area contributed by atoms with Gasteiger partial charge < -0.3 is 15.5 Å². The highest BCUT2D eigenvalue weighted by Crippen LogP contribution is 2.58. The van der Waals surface area contributed by atoms with Crippen LogP contribution >= 0.6 is 0 Å². The highest BCUT2D eigenvalue weighted by molar-refractivity contribution is 6.33. The quantitative estimate of drug-likeness (QED) is 0.547. The van der Waals surface area contributed by atoms with E-state index >= 15 is 0 Å². The lowest BCUT2D eigenvalue weighted by molar-refractivity contribution is -0.118. The van der Waals surface area contributed by atoms with E-state index in [0.29, 0.717) is 47.0 Å². The second-order valence-electron chi connectivity index (χ2n) is 9.49. The van der Waals surface area contributed by atoms with Gasteiger partial charge in [-0.15, -0.1) is 0 Å². The molecule has 0 radical (unpaired) electrons. The fourth-order valence-corrected chi connectivity index (χ4v) is 6.03. The van der Waals surface area contributed by atoms with E-state index in [1.807, 2.05) is 36.1 Å². The van der Waals surface area contributed by atoms with Crippen LogP contribution in [0.15, 0.2) is 83.7 Å². The molecular weight excluding hydrogens is 457 g/mol. The zero-order chi connectivity index (χ0) is 24.8. The number of nitrogens with zero attached hydrogens (tertiary/aromatic N) is 1. The van der Waals surface area contributed by atoms with Crippen LogP contribution in [-0.4, -0.2) is 35.5 Å². The van der Waals surface area contributed by atoms with E-state index in [1.54, 1.807) is 24.3 Å². The van der Waals surface area contributed by atoms with Gasteiger partial charge >= 0.3 is 0 Å². The fourth-order valence-electron chi connectivity index (χ4n) is 6.03. The third-order valence-electron chi connectivity index (χ3n) is 7.56. The van der Waals surface area contributed by atoms with E-state index < -0.39 is 17.1 Å². The molecule has 4 aliphatic rings. The minimum atomic E-state index is -1.80. The molecule has 1 unspecified atom stereocenters. The number of rotatable bonds is 2. The summed E-state index contributed by atoms with van der Waals surface area (Å²) in [5.74, 6) is -1.31. The summed E-state index contributed by atoms with van der Waals surface area (Å²) in [5, 5.41) is 6.16. The molecule has 1 saturated heterocycles. The summed E-state index contributed by atoms with van der Waals surface area (Å²) in [6.07, 6.45) is 0. The minimum absolute atomic E-state index is 0.144. The molecule has 2 N–H and O–H groups in total. The van der Waals surface area contributed by atoms with Crippen molar-refractivity contribution in [2.24, 2.45) is 0 Å². The topological polar surface area (TPSA) is 78.5 Å². The maximum atomic E-state index is 14.7. The molecule has 0 aromatic heterocycles. The van der Waals surface area contributed by atoms with Gasteiger partial charge in [0.2, 0.25) is 5.91 Å². The molecule has 176 valence electrons. The number of carbonyl (C=O) groups excluding carboxylic acids is 3. The average Bonchev–Trinajstić information content (AvgIpc) is 3.54. The highest BCUT2D eigenvalue weighted by Gasteiger charge is 2.63. The summed E-state index contributed by atoms with van der Waals surface area (Å²) in [6.45, 7) is 2.97. The first-order valence-corrected chi connectivity index (χ1v) is 11.8. The van der Waals surface area contributed by atoms with Gasteiger partial charge in [-0.2, -0.15) is 0 Å². The monoisotopic (exact) mass is 477 g/mol. The molecule has 7 rings (SSSR count). The van der Waals surface area contributed by atoms with Crippen molar-refractivity contribution in [2.45, 2.75) is 12.3 Å². The summed E-state index contributed by atoms with van der Waals surface area (Å²) < 4.78 is 14.7. The van der Waals surface area contributed by atoms with E-state index in [1.165, 1.54) is 18.2 Å². The van der Waals surface area contributed by atoms with Crippen LogP contribution < -0.4 is 10.6 Å². The van der Waals surface area contributed by atoms with Crippen LogP contribution in [0.25, 0.3) is 5.70 Å². The number of hydrogen-bond donors (Lipinski definition) is 2.